The molecule has 8 nitrogen and oxygen atoms in total. The Kier molecular flexibility index (Phi) is 4.59. The van der Waals surface area contributed by atoms with Crippen molar-refractivity contribution in [2.75, 3.05) is 5.32 Å². The van der Waals surface area contributed by atoms with E-state index in [4.69, 9.17) is 0 Å². The average Bonchev–Trinajstić information content (AvgIpc) is 3.29. The smallest absolute Gasteiger partial charge is 0.256 e. The first kappa shape index (κ1) is 17.2. The van der Waals surface area contributed by atoms with Gasteiger partial charge in [0.15, 0.2) is 10.8 Å². The molecule has 1 aromatic carbocycles. The highest BCUT2D eigenvalue weighted by Crippen LogP contribution is 2.23. The molecule has 0 aliphatic carbocycles. The average molecular weight is 379 g/mol. The van der Waals surface area contributed by atoms with Gasteiger partial charge < -0.3 is 5.32 Å². The third-order valence-electron chi connectivity index (χ3n) is 4.14. The standard InChI is InChI=1S/C18H17N7OS/c1-11-15-7-13(8-19-16(15)25(2)24-11)22-17(26)14-6-4-3-5-12(14)9-27-18-20-10-21-23-18/h3-8,10H,9H2,1-2H3,(H,22,26)(H,20,21,23). The first-order chi connectivity index (χ1) is 13.1. The largest absolute Gasteiger partial charge is 0.321 e. The van der Waals surface area contributed by atoms with E-state index < -0.39 is 0 Å². The maximum absolute atomic E-state index is 12.8. The lowest BCUT2D eigenvalue weighted by molar-refractivity contribution is 0.102. The lowest BCUT2D eigenvalue weighted by Crippen LogP contribution is -2.14. The van der Waals surface area contributed by atoms with Gasteiger partial charge in [-0.05, 0) is 24.6 Å². The van der Waals surface area contributed by atoms with Gasteiger partial charge in [0, 0.05) is 23.8 Å². The fourth-order valence-electron chi connectivity index (χ4n) is 2.85. The summed E-state index contributed by atoms with van der Waals surface area (Å²) in [6.07, 6.45) is 3.11. The first-order valence-corrected chi connectivity index (χ1v) is 9.27. The number of nitrogens with zero attached hydrogens (tertiary/aromatic N) is 5. The van der Waals surface area contributed by atoms with Crippen molar-refractivity contribution in [1.29, 1.82) is 0 Å². The number of amides is 1. The number of aryl methyl sites for hydroxylation is 2. The third-order valence-corrected chi connectivity index (χ3v) is 5.07. The number of rotatable bonds is 5. The van der Waals surface area contributed by atoms with E-state index >= 15 is 0 Å². The molecule has 0 saturated carbocycles. The van der Waals surface area contributed by atoms with Crippen molar-refractivity contribution in [3.8, 4) is 0 Å². The fraction of sp³-hybridized carbons (Fsp3) is 0.167. The Labute approximate surface area is 159 Å². The number of benzene rings is 1. The number of anilines is 1. The van der Waals surface area contributed by atoms with Crippen LogP contribution in [0.5, 0.6) is 0 Å². The molecule has 4 aromatic rings. The summed E-state index contributed by atoms with van der Waals surface area (Å²) in [6, 6.07) is 9.41. The van der Waals surface area contributed by atoms with Gasteiger partial charge in [0.2, 0.25) is 0 Å². The van der Waals surface area contributed by atoms with Crippen LogP contribution in [0.25, 0.3) is 11.0 Å². The molecule has 2 N–H and O–H groups in total. The predicted octanol–water partition coefficient (Wildman–Crippen LogP) is 2.94. The summed E-state index contributed by atoms with van der Waals surface area (Å²) in [5.41, 5.74) is 3.84. The maximum Gasteiger partial charge on any atom is 0.256 e. The minimum absolute atomic E-state index is 0.175. The van der Waals surface area contributed by atoms with E-state index in [0.29, 0.717) is 22.2 Å². The van der Waals surface area contributed by atoms with Crippen LogP contribution >= 0.6 is 11.8 Å². The van der Waals surface area contributed by atoms with Gasteiger partial charge in [0.1, 0.15) is 6.33 Å². The molecule has 0 bridgehead atoms. The number of H-pyrrole nitrogens is 1. The number of aromatic nitrogens is 6. The molecule has 0 aliphatic rings. The SMILES string of the molecule is Cc1nn(C)c2ncc(NC(=O)c3ccccc3CSc3ncn[nH]3)cc12. The number of nitrogens with one attached hydrogen (secondary N) is 2. The van der Waals surface area contributed by atoms with Crippen molar-refractivity contribution in [3.05, 3.63) is 59.7 Å². The third kappa shape index (κ3) is 3.54. The van der Waals surface area contributed by atoms with Crippen LogP contribution in [0.1, 0.15) is 21.6 Å². The van der Waals surface area contributed by atoms with Crippen molar-refractivity contribution in [3.63, 3.8) is 0 Å². The fourth-order valence-corrected chi connectivity index (χ4v) is 3.64. The van der Waals surface area contributed by atoms with E-state index in [-0.39, 0.29) is 5.91 Å². The van der Waals surface area contributed by atoms with Crippen LogP contribution < -0.4 is 5.32 Å². The molecule has 0 spiro atoms. The van der Waals surface area contributed by atoms with Crippen LogP contribution in [0, 0.1) is 6.92 Å². The Morgan fingerprint density at radius 1 is 1.30 bits per heavy atom. The van der Waals surface area contributed by atoms with E-state index in [1.54, 1.807) is 10.9 Å². The minimum Gasteiger partial charge on any atom is -0.321 e. The Balaban J connectivity index is 1.55. The van der Waals surface area contributed by atoms with Gasteiger partial charge in [0.25, 0.3) is 5.91 Å². The van der Waals surface area contributed by atoms with Gasteiger partial charge in [-0.25, -0.2) is 9.97 Å². The van der Waals surface area contributed by atoms with E-state index in [2.05, 4.69) is 30.6 Å². The van der Waals surface area contributed by atoms with E-state index in [9.17, 15) is 4.79 Å². The zero-order chi connectivity index (χ0) is 18.8. The van der Waals surface area contributed by atoms with E-state index in [0.717, 1.165) is 22.3 Å². The highest BCUT2D eigenvalue weighted by molar-refractivity contribution is 7.98. The first-order valence-electron chi connectivity index (χ1n) is 8.28. The molecule has 4 rings (SSSR count). The van der Waals surface area contributed by atoms with E-state index in [1.165, 1.54) is 18.1 Å². The molecule has 1 amide bonds. The number of aromatic amines is 1. The second kappa shape index (κ2) is 7.20. The van der Waals surface area contributed by atoms with Crippen LogP contribution in [-0.4, -0.2) is 35.9 Å². The van der Waals surface area contributed by atoms with Gasteiger partial charge in [-0.15, -0.1) is 0 Å². The summed E-state index contributed by atoms with van der Waals surface area (Å²) in [5, 5.41) is 15.6. The highest BCUT2D eigenvalue weighted by atomic mass is 32.2. The second-order valence-electron chi connectivity index (χ2n) is 5.99. The summed E-state index contributed by atoms with van der Waals surface area (Å²) >= 11 is 1.49. The molecule has 3 aromatic heterocycles. The molecule has 3 heterocycles. The highest BCUT2D eigenvalue weighted by Gasteiger charge is 2.14. The van der Waals surface area contributed by atoms with Crippen molar-refractivity contribution in [2.24, 2.45) is 7.05 Å². The van der Waals surface area contributed by atoms with Gasteiger partial charge in [0.05, 0.1) is 17.6 Å². The zero-order valence-corrected chi connectivity index (χ0v) is 15.6. The lowest BCUT2D eigenvalue weighted by atomic mass is 10.1. The maximum atomic E-state index is 12.8. The Morgan fingerprint density at radius 3 is 2.96 bits per heavy atom. The molecule has 0 atom stereocenters. The molecule has 0 unspecified atom stereocenters. The normalized spacial score (nSPS) is 11.0. The predicted molar refractivity (Wildman–Crippen MR) is 104 cm³/mol. The summed E-state index contributed by atoms with van der Waals surface area (Å²) in [5.74, 6) is 0.434. The number of pyridine rings is 1. The quantitative estimate of drug-likeness (QED) is 0.517. The Bertz CT molecular complexity index is 1100. The van der Waals surface area contributed by atoms with Crippen molar-refractivity contribution in [2.45, 2.75) is 17.8 Å². The second-order valence-corrected chi connectivity index (χ2v) is 6.96. The van der Waals surface area contributed by atoms with E-state index in [1.807, 2.05) is 44.3 Å². The molecule has 0 fully saturated rings. The Hall–Kier alpha value is -3.20. The van der Waals surface area contributed by atoms with Crippen LogP contribution in [0.3, 0.4) is 0 Å². The zero-order valence-electron chi connectivity index (χ0n) is 14.8. The number of carbonyl (C=O) groups is 1. The number of fused-ring (bicyclic) bond motifs is 1. The lowest BCUT2D eigenvalue weighted by Gasteiger charge is -2.09. The molecule has 0 aliphatic heterocycles. The topological polar surface area (TPSA) is 101 Å². The molecule has 0 saturated heterocycles. The summed E-state index contributed by atoms with van der Waals surface area (Å²) in [4.78, 5) is 21.3. The van der Waals surface area contributed by atoms with Crippen LogP contribution in [-0.2, 0) is 12.8 Å². The van der Waals surface area contributed by atoms with Crippen LogP contribution in [0.2, 0.25) is 0 Å². The molecular weight excluding hydrogens is 362 g/mol. The van der Waals surface area contributed by atoms with Gasteiger partial charge >= 0.3 is 0 Å². The van der Waals surface area contributed by atoms with Gasteiger partial charge in [-0.2, -0.15) is 10.2 Å². The van der Waals surface area contributed by atoms with Gasteiger partial charge in [-0.1, -0.05) is 30.0 Å². The van der Waals surface area contributed by atoms with Crippen molar-refractivity contribution in [1.82, 2.24) is 29.9 Å². The molecule has 0 radical (unpaired) electrons. The number of hydrogen-bond donors (Lipinski definition) is 2. The number of thioether (sulfide) groups is 1. The van der Waals surface area contributed by atoms with Crippen LogP contribution in [0.15, 0.2) is 48.0 Å². The summed E-state index contributed by atoms with van der Waals surface area (Å²) in [6.45, 7) is 1.92. The van der Waals surface area contributed by atoms with Crippen molar-refractivity contribution < 1.29 is 4.79 Å². The minimum atomic E-state index is -0.175. The monoisotopic (exact) mass is 379 g/mol. The molecular formula is C18H17N7OS. The molecule has 9 heteroatoms. The number of hydrogen-bond acceptors (Lipinski definition) is 6. The molecule has 136 valence electrons. The van der Waals surface area contributed by atoms with Crippen LogP contribution in [0.4, 0.5) is 5.69 Å². The Morgan fingerprint density at radius 2 is 2.15 bits per heavy atom. The summed E-state index contributed by atoms with van der Waals surface area (Å²) in [7, 11) is 1.85. The number of carbonyl (C=O) groups excluding carboxylic acids is 1. The molecule has 27 heavy (non-hydrogen) atoms. The van der Waals surface area contributed by atoms with Gasteiger partial charge in [-0.3, -0.25) is 14.6 Å². The van der Waals surface area contributed by atoms with Crippen molar-refractivity contribution >= 4 is 34.4 Å². The summed E-state index contributed by atoms with van der Waals surface area (Å²) < 4.78 is 1.73.